The van der Waals surface area contributed by atoms with Crippen molar-refractivity contribution in [2.45, 2.75) is 6.61 Å². The Labute approximate surface area is 155 Å². The fourth-order valence-electron chi connectivity index (χ4n) is 1.84. The lowest BCUT2D eigenvalue weighted by Crippen LogP contribution is -2.23. The highest BCUT2D eigenvalue weighted by Gasteiger charge is 2.07. The maximum Gasteiger partial charge on any atom is 0.184 e. The van der Waals surface area contributed by atoms with E-state index in [1.165, 1.54) is 0 Å². The molecular formula is C16H15Cl2N3O2S. The molecule has 0 atom stereocenters. The lowest BCUT2D eigenvalue weighted by Gasteiger charge is -2.11. The number of hydrogen-bond acceptors (Lipinski definition) is 4. The van der Waals surface area contributed by atoms with Crippen molar-refractivity contribution in [3.63, 3.8) is 0 Å². The molecule has 0 aliphatic rings. The quantitative estimate of drug-likeness (QED) is 0.451. The molecule has 0 bridgehead atoms. The number of nitrogens with one attached hydrogen (secondary N) is 1. The number of benzene rings is 2. The van der Waals surface area contributed by atoms with E-state index in [1.807, 2.05) is 12.1 Å². The minimum absolute atomic E-state index is 0.0970. The lowest BCUT2D eigenvalue weighted by molar-refractivity contribution is 0.284. The number of methoxy groups -OCH3 is 1. The summed E-state index contributed by atoms with van der Waals surface area (Å²) in [6.45, 7) is 0.337. The van der Waals surface area contributed by atoms with Crippen LogP contribution in [-0.4, -0.2) is 18.4 Å². The third kappa shape index (κ3) is 5.26. The second-order valence-electron chi connectivity index (χ2n) is 4.68. The van der Waals surface area contributed by atoms with E-state index in [0.717, 1.165) is 11.1 Å². The molecule has 8 heteroatoms. The van der Waals surface area contributed by atoms with Crippen LogP contribution >= 0.6 is 35.4 Å². The summed E-state index contributed by atoms with van der Waals surface area (Å²) >= 11 is 16.6. The molecule has 5 nitrogen and oxygen atoms in total. The van der Waals surface area contributed by atoms with Crippen LogP contribution in [0.1, 0.15) is 11.1 Å². The molecule has 126 valence electrons. The van der Waals surface area contributed by atoms with Gasteiger partial charge in [-0.3, -0.25) is 5.43 Å². The van der Waals surface area contributed by atoms with Crippen LogP contribution in [0, 0.1) is 0 Å². The summed E-state index contributed by atoms with van der Waals surface area (Å²) < 4.78 is 11.1. The zero-order chi connectivity index (χ0) is 17.5. The standard InChI is InChI=1S/C16H15Cl2N3O2S/c1-22-15-7-10(8-20-21-16(19)24)3-5-14(15)23-9-11-2-4-12(17)13(18)6-11/h2-8H,9H2,1H3,(H3,19,21,24)/b20-8+. The van der Waals surface area contributed by atoms with E-state index in [4.69, 9.17) is 38.4 Å². The molecule has 0 aliphatic carbocycles. The summed E-state index contributed by atoms with van der Waals surface area (Å²) in [5, 5.41) is 4.98. The molecule has 0 unspecified atom stereocenters. The predicted octanol–water partition coefficient (Wildman–Crippen LogP) is 3.75. The van der Waals surface area contributed by atoms with Crippen LogP contribution in [0.4, 0.5) is 0 Å². The van der Waals surface area contributed by atoms with E-state index in [2.05, 4.69) is 22.7 Å². The highest BCUT2D eigenvalue weighted by Crippen LogP contribution is 2.29. The van der Waals surface area contributed by atoms with Gasteiger partial charge in [0.15, 0.2) is 16.6 Å². The number of rotatable bonds is 6. The second kappa shape index (κ2) is 8.73. The van der Waals surface area contributed by atoms with Gasteiger partial charge in [-0.15, -0.1) is 0 Å². The van der Waals surface area contributed by atoms with Crippen LogP contribution in [0.2, 0.25) is 10.0 Å². The number of nitrogens with zero attached hydrogens (tertiary/aromatic N) is 1. The molecule has 3 N–H and O–H groups in total. The number of hydrogen-bond donors (Lipinski definition) is 2. The topological polar surface area (TPSA) is 68.9 Å². The Kier molecular flexibility index (Phi) is 6.66. The maximum absolute atomic E-state index is 5.99. The van der Waals surface area contributed by atoms with Gasteiger partial charge in [0.05, 0.1) is 23.4 Å². The van der Waals surface area contributed by atoms with E-state index in [-0.39, 0.29) is 5.11 Å². The number of nitrogens with two attached hydrogens (primary N) is 1. The van der Waals surface area contributed by atoms with Gasteiger partial charge >= 0.3 is 0 Å². The van der Waals surface area contributed by atoms with E-state index in [9.17, 15) is 0 Å². The molecule has 0 heterocycles. The predicted molar refractivity (Wildman–Crippen MR) is 101 cm³/mol. The normalized spacial score (nSPS) is 10.6. The Morgan fingerprint density at radius 3 is 2.67 bits per heavy atom. The zero-order valence-corrected chi connectivity index (χ0v) is 15.1. The van der Waals surface area contributed by atoms with Gasteiger partial charge < -0.3 is 15.2 Å². The van der Waals surface area contributed by atoms with Gasteiger partial charge in [0.1, 0.15) is 6.61 Å². The molecule has 0 radical (unpaired) electrons. The monoisotopic (exact) mass is 383 g/mol. The number of thiocarbonyl (C=S) groups is 1. The average molecular weight is 384 g/mol. The molecular weight excluding hydrogens is 369 g/mol. The van der Waals surface area contributed by atoms with Crippen molar-refractivity contribution < 1.29 is 9.47 Å². The summed E-state index contributed by atoms with van der Waals surface area (Å²) in [6.07, 6.45) is 1.57. The fraction of sp³-hybridized carbons (Fsp3) is 0.125. The molecule has 2 aromatic carbocycles. The largest absolute Gasteiger partial charge is 0.493 e. The molecule has 2 aromatic rings. The summed E-state index contributed by atoms with van der Waals surface area (Å²) in [4.78, 5) is 0. The molecule has 2 rings (SSSR count). The van der Waals surface area contributed by atoms with Crippen LogP contribution in [-0.2, 0) is 6.61 Å². The summed E-state index contributed by atoms with van der Waals surface area (Å²) in [6, 6.07) is 10.8. The number of ether oxygens (including phenoxy) is 2. The zero-order valence-electron chi connectivity index (χ0n) is 12.8. The Bertz CT molecular complexity index is 769. The molecule has 0 spiro atoms. The lowest BCUT2D eigenvalue weighted by atomic mass is 10.2. The first-order chi connectivity index (χ1) is 11.5. The van der Waals surface area contributed by atoms with Gasteiger partial charge in [0.2, 0.25) is 0 Å². The number of halogens is 2. The van der Waals surface area contributed by atoms with Crippen LogP contribution < -0.4 is 20.6 Å². The van der Waals surface area contributed by atoms with Crippen molar-refractivity contribution in [1.82, 2.24) is 5.43 Å². The summed E-state index contributed by atoms with van der Waals surface area (Å²) in [5.74, 6) is 1.18. The van der Waals surface area contributed by atoms with Crippen LogP contribution in [0.3, 0.4) is 0 Å². The van der Waals surface area contributed by atoms with Crippen LogP contribution in [0.25, 0.3) is 0 Å². The van der Waals surface area contributed by atoms with Crippen molar-refractivity contribution in [2.24, 2.45) is 10.8 Å². The molecule has 24 heavy (non-hydrogen) atoms. The molecule has 0 saturated carbocycles. The third-order valence-electron chi connectivity index (χ3n) is 2.95. The van der Waals surface area contributed by atoms with E-state index < -0.39 is 0 Å². The Hall–Kier alpha value is -2.02. The maximum atomic E-state index is 5.99. The van der Waals surface area contributed by atoms with Gasteiger partial charge in [0.25, 0.3) is 0 Å². The first kappa shape index (κ1) is 18.3. The van der Waals surface area contributed by atoms with Gasteiger partial charge in [-0.1, -0.05) is 29.3 Å². The minimum Gasteiger partial charge on any atom is -0.493 e. The first-order valence-electron chi connectivity index (χ1n) is 6.83. The van der Waals surface area contributed by atoms with Crippen molar-refractivity contribution in [3.8, 4) is 11.5 Å². The Morgan fingerprint density at radius 1 is 1.21 bits per heavy atom. The second-order valence-corrected chi connectivity index (χ2v) is 5.94. The number of hydrazone groups is 1. The fourth-order valence-corrected chi connectivity index (χ4v) is 2.22. The van der Waals surface area contributed by atoms with Crippen LogP contribution in [0.5, 0.6) is 11.5 Å². The van der Waals surface area contributed by atoms with Gasteiger partial charge in [-0.2, -0.15) is 5.10 Å². The Balaban J connectivity index is 2.08. The van der Waals surface area contributed by atoms with Gasteiger partial charge in [-0.05, 0) is 53.7 Å². The van der Waals surface area contributed by atoms with Crippen molar-refractivity contribution in [3.05, 3.63) is 57.6 Å². The van der Waals surface area contributed by atoms with E-state index in [1.54, 1.807) is 37.6 Å². The molecule has 0 saturated heterocycles. The average Bonchev–Trinajstić information content (AvgIpc) is 2.56. The highest BCUT2D eigenvalue weighted by molar-refractivity contribution is 7.80. The molecule has 0 aliphatic heterocycles. The van der Waals surface area contributed by atoms with Gasteiger partial charge in [0, 0.05) is 0 Å². The molecule has 0 aromatic heterocycles. The minimum atomic E-state index is 0.0970. The summed E-state index contributed by atoms with van der Waals surface area (Å²) in [5.41, 5.74) is 9.49. The highest BCUT2D eigenvalue weighted by atomic mass is 35.5. The smallest absolute Gasteiger partial charge is 0.184 e. The van der Waals surface area contributed by atoms with Crippen molar-refractivity contribution in [2.75, 3.05) is 7.11 Å². The SMILES string of the molecule is COc1cc(/C=N/NC(N)=S)ccc1OCc1ccc(Cl)c(Cl)c1. The first-order valence-corrected chi connectivity index (χ1v) is 7.99. The molecule has 0 fully saturated rings. The summed E-state index contributed by atoms with van der Waals surface area (Å²) in [7, 11) is 1.57. The van der Waals surface area contributed by atoms with E-state index in [0.29, 0.717) is 28.2 Å². The van der Waals surface area contributed by atoms with Crippen molar-refractivity contribution in [1.29, 1.82) is 0 Å². The van der Waals surface area contributed by atoms with Crippen molar-refractivity contribution >= 4 is 46.7 Å². The molecule has 0 amide bonds. The van der Waals surface area contributed by atoms with Gasteiger partial charge in [-0.25, -0.2) is 0 Å². The third-order valence-corrected chi connectivity index (χ3v) is 3.78. The van der Waals surface area contributed by atoms with Crippen LogP contribution in [0.15, 0.2) is 41.5 Å². The Morgan fingerprint density at radius 2 is 2.00 bits per heavy atom. The van der Waals surface area contributed by atoms with E-state index >= 15 is 0 Å².